The van der Waals surface area contributed by atoms with E-state index in [1.807, 2.05) is 18.2 Å². The fraction of sp³-hybridized carbons (Fsp3) is 0.600. The lowest BCUT2D eigenvalue weighted by Gasteiger charge is -2.41. The number of ether oxygens (including phenoxy) is 1. The van der Waals surface area contributed by atoms with Gasteiger partial charge < -0.3 is 10.1 Å². The van der Waals surface area contributed by atoms with Crippen LogP contribution in [0, 0.1) is 0 Å². The molecule has 0 aliphatic carbocycles. The number of halogens is 2. The Labute approximate surface area is 125 Å². The highest BCUT2D eigenvalue weighted by Gasteiger charge is 2.37. The van der Waals surface area contributed by atoms with Crippen molar-refractivity contribution in [3.05, 3.63) is 33.8 Å². The molecule has 1 aliphatic heterocycles. The summed E-state index contributed by atoms with van der Waals surface area (Å²) in [7, 11) is 0. The maximum absolute atomic E-state index is 6.14. The first kappa shape index (κ1) is 15.1. The fourth-order valence-corrected chi connectivity index (χ4v) is 3.07. The molecule has 19 heavy (non-hydrogen) atoms. The van der Waals surface area contributed by atoms with Crippen LogP contribution < -0.4 is 5.32 Å². The Morgan fingerprint density at radius 1 is 1.32 bits per heavy atom. The molecule has 1 N–H and O–H groups in total. The molecule has 0 amide bonds. The monoisotopic (exact) mass is 301 g/mol. The van der Waals surface area contributed by atoms with Crippen molar-refractivity contribution in [3.63, 3.8) is 0 Å². The summed E-state index contributed by atoms with van der Waals surface area (Å²) in [5, 5.41) is 4.72. The van der Waals surface area contributed by atoms with Crippen LogP contribution >= 0.6 is 23.2 Å². The van der Waals surface area contributed by atoms with Crippen LogP contribution in [0.2, 0.25) is 10.0 Å². The first-order valence-electron chi connectivity index (χ1n) is 6.89. The maximum Gasteiger partial charge on any atom is 0.0848 e. The van der Waals surface area contributed by atoms with E-state index >= 15 is 0 Å². The van der Waals surface area contributed by atoms with E-state index in [1.54, 1.807) is 0 Å². The minimum absolute atomic E-state index is 0.146. The van der Waals surface area contributed by atoms with Gasteiger partial charge in [0, 0.05) is 6.61 Å². The molecular weight excluding hydrogens is 281 g/mol. The SMILES string of the molecule is CCNC(c1ccc(Cl)c(Cl)c1)C1(C)CCCCO1. The van der Waals surface area contributed by atoms with Crippen molar-refractivity contribution in [1.82, 2.24) is 5.32 Å². The number of benzene rings is 1. The van der Waals surface area contributed by atoms with Crippen molar-refractivity contribution in [2.75, 3.05) is 13.2 Å². The highest BCUT2D eigenvalue weighted by atomic mass is 35.5. The Balaban J connectivity index is 2.30. The zero-order chi connectivity index (χ0) is 13.9. The molecule has 1 aliphatic rings. The summed E-state index contributed by atoms with van der Waals surface area (Å²) in [6, 6.07) is 5.98. The molecule has 1 saturated heterocycles. The van der Waals surface area contributed by atoms with Gasteiger partial charge in [0.1, 0.15) is 0 Å². The smallest absolute Gasteiger partial charge is 0.0848 e. The van der Waals surface area contributed by atoms with Gasteiger partial charge in [0.2, 0.25) is 0 Å². The van der Waals surface area contributed by atoms with E-state index in [2.05, 4.69) is 19.2 Å². The van der Waals surface area contributed by atoms with Crippen LogP contribution in [0.1, 0.15) is 44.7 Å². The summed E-state index contributed by atoms with van der Waals surface area (Å²) in [6.45, 7) is 6.02. The molecule has 1 fully saturated rings. The van der Waals surface area contributed by atoms with E-state index < -0.39 is 0 Å². The van der Waals surface area contributed by atoms with Crippen molar-refractivity contribution in [3.8, 4) is 0 Å². The predicted molar refractivity (Wildman–Crippen MR) is 81.1 cm³/mol. The number of hydrogen-bond acceptors (Lipinski definition) is 2. The summed E-state index contributed by atoms with van der Waals surface area (Å²) in [5.74, 6) is 0. The van der Waals surface area contributed by atoms with Gasteiger partial charge in [-0.1, -0.05) is 36.2 Å². The summed E-state index contributed by atoms with van der Waals surface area (Å²) in [6.07, 6.45) is 3.42. The number of nitrogens with one attached hydrogen (secondary N) is 1. The highest BCUT2D eigenvalue weighted by molar-refractivity contribution is 6.42. The lowest BCUT2D eigenvalue weighted by atomic mass is 9.84. The van der Waals surface area contributed by atoms with Gasteiger partial charge in [-0.25, -0.2) is 0 Å². The summed E-state index contributed by atoms with van der Waals surface area (Å²) in [5.41, 5.74) is 0.964. The van der Waals surface area contributed by atoms with E-state index in [9.17, 15) is 0 Å². The molecule has 2 rings (SSSR count). The van der Waals surface area contributed by atoms with Crippen LogP contribution in [0.25, 0.3) is 0 Å². The largest absolute Gasteiger partial charge is 0.373 e. The van der Waals surface area contributed by atoms with E-state index in [1.165, 1.54) is 6.42 Å². The van der Waals surface area contributed by atoms with E-state index in [-0.39, 0.29) is 11.6 Å². The molecule has 2 nitrogen and oxygen atoms in total. The van der Waals surface area contributed by atoms with Gasteiger partial charge in [0.05, 0.1) is 21.7 Å². The Bertz CT molecular complexity index is 430. The molecule has 1 aromatic carbocycles. The van der Waals surface area contributed by atoms with E-state index in [4.69, 9.17) is 27.9 Å². The van der Waals surface area contributed by atoms with E-state index in [0.29, 0.717) is 10.0 Å². The Hall–Kier alpha value is -0.280. The molecule has 0 bridgehead atoms. The van der Waals surface area contributed by atoms with Gasteiger partial charge in [0.15, 0.2) is 0 Å². The van der Waals surface area contributed by atoms with Crippen molar-refractivity contribution in [1.29, 1.82) is 0 Å². The molecule has 106 valence electrons. The average molecular weight is 302 g/mol. The fourth-order valence-electron chi connectivity index (χ4n) is 2.77. The van der Waals surface area contributed by atoms with Crippen LogP contribution in [-0.2, 0) is 4.74 Å². The summed E-state index contributed by atoms with van der Waals surface area (Å²) in [4.78, 5) is 0. The molecule has 0 spiro atoms. The maximum atomic E-state index is 6.14. The van der Waals surface area contributed by atoms with Gasteiger partial charge >= 0.3 is 0 Å². The van der Waals surface area contributed by atoms with Crippen LogP contribution in [0.15, 0.2) is 18.2 Å². The molecule has 0 radical (unpaired) electrons. The molecule has 1 heterocycles. The number of likely N-dealkylation sites (N-methyl/N-ethyl adjacent to an activating group) is 1. The zero-order valence-corrected chi connectivity index (χ0v) is 13.0. The average Bonchev–Trinajstić information content (AvgIpc) is 2.40. The second-order valence-electron chi connectivity index (χ2n) is 5.28. The van der Waals surface area contributed by atoms with Gasteiger partial charge in [-0.15, -0.1) is 0 Å². The first-order chi connectivity index (χ1) is 9.07. The molecule has 0 aromatic heterocycles. The number of rotatable bonds is 4. The summed E-state index contributed by atoms with van der Waals surface area (Å²) >= 11 is 12.1. The second-order valence-corrected chi connectivity index (χ2v) is 6.10. The van der Waals surface area contributed by atoms with Gasteiger partial charge in [0.25, 0.3) is 0 Å². The van der Waals surface area contributed by atoms with Crippen LogP contribution in [0.3, 0.4) is 0 Å². The molecule has 1 aromatic rings. The third-order valence-corrected chi connectivity index (χ3v) is 4.53. The first-order valence-corrected chi connectivity index (χ1v) is 7.64. The van der Waals surface area contributed by atoms with Gasteiger partial charge in [-0.05, 0) is 50.4 Å². The minimum Gasteiger partial charge on any atom is -0.373 e. The molecular formula is C15H21Cl2NO. The molecule has 4 heteroatoms. The molecule has 2 unspecified atom stereocenters. The quantitative estimate of drug-likeness (QED) is 0.877. The van der Waals surface area contributed by atoms with E-state index in [0.717, 1.165) is 31.6 Å². The van der Waals surface area contributed by atoms with Crippen LogP contribution in [-0.4, -0.2) is 18.8 Å². The Kier molecular flexibility index (Phi) is 5.13. The zero-order valence-electron chi connectivity index (χ0n) is 11.5. The van der Waals surface area contributed by atoms with Crippen molar-refractivity contribution in [2.45, 2.75) is 44.8 Å². The third kappa shape index (κ3) is 3.43. The lowest BCUT2D eigenvalue weighted by Crippen LogP contribution is -2.45. The summed E-state index contributed by atoms with van der Waals surface area (Å²) < 4.78 is 6.07. The highest BCUT2D eigenvalue weighted by Crippen LogP contribution is 2.38. The predicted octanol–water partition coefficient (Wildman–Crippen LogP) is 4.60. The van der Waals surface area contributed by atoms with Gasteiger partial charge in [-0.3, -0.25) is 0 Å². The van der Waals surface area contributed by atoms with Crippen molar-refractivity contribution in [2.24, 2.45) is 0 Å². The second kappa shape index (κ2) is 6.45. The Morgan fingerprint density at radius 2 is 2.11 bits per heavy atom. The topological polar surface area (TPSA) is 21.3 Å². The normalized spacial score (nSPS) is 25.3. The van der Waals surface area contributed by atoms with Gasteiger partial charge in [-0.2, -0.15) is 0 Å². The van der Waals surface area contributed by atoms with Crippen LogP contribution in [0.4, 0.5) is 0 Å². The Morgan fingerprint density at radius 3 is 2.68 bits per heavy atom. The van der Waals surface area contributed by atoms with Crippen LogP contribution in [0.5, 0.6) is 0 Å². The standard InChI is InChI=1S/C15H21Cl2NO/c1-3-18-14(15(2)8-4-5-9-19-15)11-6-7-12(16)13(17)10-11/h6-7,10,14,18H,3-5,8-9H2,1-2H3. The molecule has 2 atom stereocenters. The van der Waals surface area contributed by atoms with Crippen molar-refractivity contribution >= 4 is 23.2 Å². The molecule has 0 saturated carbocycles. The van der Waals surface area contributed by atoms with Crippen molar-refractivity contribution < 1.29 is 4.74 Å². The number of hydrogen-bond donors (Lipinski definition) is 1. The lowest BCUT2D eigenvalue weighted by molar-refractivity contribution is -0.0895. The third-order valence-electron chi connectivity index (χ3n) is 3.80. The minimum atomic E-state index is -0.175.